The molecule has 4 nitrogen and oxygen atoms in total. The summed E-state index contributed by atoms with van der Waals surface area (Å²) in [7, 11) is 0. The van der Waals surface area contributed by atoms with Crippen LogP contribution in [0.2, 0.25) is 5.02 Å². The van der Waals surface area contributed by atoms with Gasteiger partial charge in [0.15, 0.2) is 0 Å². The van der Waals surface area contributed by atoms with Crippen LogP contribution in [0, 0.1) is 0 Å². The molecule has 0 spiro atoms. The summed E-state index contributed by atoms with van der Waals surface area (Å²) in [5.74, 6) is -0.218. The third-order valence-electron chi connectivity index (χ3n) is 3.96. The molecule has 27 heavy (non-hydrogen) atoms. The van der Waals surface area contributed by atoms with Crippen LogP contribution in [-0.4, -0.2) is 11.1 Å². The van der Waals surface area contributed by atoms with Crippen LogP contribution < -0.4 is 10.1 Å². The van der Waals surface area contributed by atoms with Crippen LogP contribution in [0.25, 0.3) is 0 Å². The van der Waals surface area contributed by atoms with Crippen molar-refractivity contribution in [2.45, 2.75) is 13.2 Å². The minimum Gasteiger partial charge on any atom is -0.488 e. The number of hydrogen-bond acceptors (Lipinski definition) is 3. The van der Waals surface area contributed by atoms with Crippen LogP contribution in [0.4, 0.5) is 5.69 Å². The highest BCUT2D eigenvalue weighted by Crippen LogP contribution is 2.26. The van der Waals surface area contributed by atoms with E-state index < -0.39 is 5.97 Å². The number of nitrogens with one attached hydrogen (secondary N) is 1. The van der Waals surface area contributed by atoms with E-state index in [0.29, 0.717) is 18.2 Å². The second kappa shape index (κ2) is 8.93. The van der Waals surface area contributed by atoms with Crippen molar-refractivity contribution < 1.29 is 14.6 Å². The summed E-state index contributed by atoms with van der Waals surface area (Å²) in [4.78, 5) is 11.1. The molecule has 0 fully saturated rings. The molecule has 3 aromatic rings. The molecular formula is C21H17BrClNO3. The normalized spacial score (nSPS) is 10.4. The molecule has 0 saturated heterocycles. The topological polar surface area (TPSA) is 58.6 Å². The lowest BCUT2D eigenvalue weighted by molar-refractivity contribution is 0.0697. The Hall–Kier alpha value is -2.50. The number of hydrogen-bond donors (Lipinski definition) is 2. The fraction of sp³-hybridized carbons (Fsp3) is 0.0952. The van der Waals surface area contributed by atoms with Crippen LogP contribution in [0.1, 0.15) is 21.5 Å². The second-order valence-electron chi connectivity index (χ2n) is 5.87. The van der Waals surface area contributed by atoms with Crippen LogP contribution in [-0.2, 0) is 13.2 Å². The van der Waals surface area contributed by atoms with Gasteiger partial charge >= 0.3 is 5.97 Å². The molecule has 0 bridgehead atoms. The molecule has 0 aliphatic heterocycles. The monoisotopic (exact) mass is 445 g/mol. The minimum absolute atomic E-state index is 0.240. The van der Waals surface area contributed by atoms with Gasteiger partial charge in [-0.05, 0) is 42.5 Å². The zero-order valence-corrected chi connectivity index (χ0v) is 16.6. The van der Waals surface area contributed by atoms with Crippen LogP contribution in [0.5, 0.6) is 5.75 Å². The van der Waals surface area contributed by atoms with Gasteiger partial charge in [0.25, 0.3) is 0 Å². The SMILES string of the molecule is O=C(O)c1cccc(NCc2cc(Br)ccc2OCc2ccccc2Cl)c1. The fourth-order valence-electron chi connectivity index (χ4n) is 2.56. The molecule has 0 atom stereocenters. The van der Waals surface area contributed by atoms with Gasteiger partial charge in [0.1, 0.15) is 12.4 Å². The zero-order valence-electron chi connectivity index (χ0n) is 14.3. The molecule has 3 aromatic carbocycles. The standard InChI is InChI=1S/C21H17BrClNO3/c22-17-8-9-20(27-13-15-4-1-2-7-19(15)23)16(10-17)12-24-18-6-3-5-14(11-18)21(25)26/h1-11,24H,12-13H2,(H,25,26). The first kappa shape index (κ1) is 19.3. The molecule has 0 heterocycles. The Kier molecular flexibility index (Phi) is 6.37. The quantitative estimate of drug-likeness (QED) is 0.468. The third kappa shape index (κ3) is 5.25. The van der Waals surface area contributed by atoms with Gasteiger partial charge in [0.2, 0.25) is 0 Å². The lowest BCUT2D eigenvalue weighted by Gasteiger charge is -2.14. The maximum absolute atomic E-state index is 11.1. The average molecular weight is 447 g/mol. The van der Waals surface area contributed by atoms with Crippen molar-refractivity contribution >= 4 is 39.2 Å². The lowest BCUT2D eigenvalue weighted by Crippen LogP contribution is -2.05. The Balaban J connectivity index is 1.73. The lowest BCUT2D eigenvalue weighted by atomic mass is 10.1. The van der Waals surface area contributed by atoms with E-state index in [4.69, 9.17) is 21.4 Å². The van der Waals surface area contributed by atoms with Gasteiger partial charge in [-0.1, -0.05) is 51.8 Å². The maximum atomic E-state index is 11.1. The van der Waals surface area contributed by atoms with E-state index in [9.17, 15) is 4.79 Å². The second-order valence-corrected chi connectivity index (χ2v) is 7.19. The molecule has 3 rings (SSSR count). The van der Waals surface area contributed by atoms with E-state index >= 15 is 0 Å². The summed E-state index contributed by atoms with van der Waals surface area (Å²) in [6, 6.07) is 20.0. The molecule has 0 saturated carbocycles. The minimum atomic E-state index is -0.954. The highest BCUT2D eigenvalue weighted by atomic mass is 79.9. The number of anilines is 1. The number of benzene rings is 3. The molecule has 2 N–H and O–H groups in total. The summed E-state index contributed by atoms with van der Waals surface area (Å²) >= 11 is 9.67. The number of carbonyl (C=O) groups is 1. The number of halogens is 2. The van der Waals surface area contributed by atoms with Gasteiger partial charge in [-0.2, -0.15) is 0 Å². The summed E-state index contributed by atoms with van der Waals surface area (Å²) in [6.07, 6.45) is 0. The van der Waals surface area contributed by atoms with Gasteiger partial charge < -0.3 is 15.2 Å². The summed E-state index contributed by atoms with van der Waals surface area (Å²) in [6.45, 7) is 0.850. The van der Waals surface area contributed by atoms with Gasteiger partial charge in [0, 0.05) is 32.9 Å². The van der Waals surface area contributed by atoms with Crippen molar-refractivity contribution in [3.05, 3.63) is 92.9 Å². The van der Waals surface area contributed by atoms with Crippen LogP contribution in [0.3, 0.4) is 0 Å². The number of carboxylic acids is 1. The molecule has 0 radical (unpaired) electrons. The summed E-state index contributed by atoms with van der Waals surface area (Å²) in [5.41, 5.74) is 2.82. The summed E-state index contributed by atoms with van der Waals surface area (Å²) < 4.78 is 6.90. The van der Waals surface area contributed by atoms with E-state index in [0.717, 1.165) is 27.0 Å². The highest BCUT2D eigenvalue weighted by molar-refractivity contribution is 9.10. The first-order valence-corrected chi connectivity index (χ1v) is 9.42. The predicted molar refractivity (Wildman–Crippen MR) is 111 cm³/mol. The number of aromatic carboxylic acids is 1. The smallest absolute Gasteiger partial charge is 0.335 e. The van der Waals surface area contributed by atoms with E-state index in [-0.39, 0.29) is 5.56 Å². The van der Waals surface area contributed by atoms with Crippen molar-refractivity contribution in [3.63, 3.8) is 0 Å². The number of ether oxygens (including phenoxy) is 1. The Morgan fingerprint density at radius 2 is 1.85 bits per heavy atom. The largest absolute Gasteiger partial charge is 0.488 e. The average Bonchev–Trinajstić information content (AvgIpc) is 2.67. The van der Waals surface area contributed by atoms with Crippen molar-refractivity contribution in [2.24, 2.45) is 0 Å². The number of carboxylic acid groups (broad SMARTS) is 1. The Bertz CT molecular complexity index is 962. The molecule has 0 aromatic heterocycles. The molecule has 0 aliphatic rings. The number of rotatable bonds is 7. The third-order valence-corrected chi connectivity index (χ3v) is 4.82. The predicted octanol–water partition coefficient (Wildman–Crippen LogP) is 5.99. The van der Waals surface area contributed by atoms with Gasteiger partial charge in [-0.25, -0.2) is 4.79 Å². The van der Waals surface area contributed by atoms with E-state index in [1.807, 2.05) is 48.5 Å². The van der Waals surface area contributed by atoms with Gasteiger partial charge in [-0.3, -0.25) is 0 Å². The van der Waals surface area contributed by atoms with E-state index in [1.165, 1.54) is 0 Å². The Labute approximate surface area is 170 Å². The first-order chi connectivity index (χ1) is 13.0. The Morgan fingerprint density at radius 3 is 2.63 bits per heavy atom. The molecule has 138 valence electrons. The molecule has 0 amide bonds. The van der Waals surface area contributed by atoms with Crippen molar-refractivity contribution in [3.8, 4) is 5.75 Å². The van der Waals surface area contributed by atoms with E-state index in [1.54, 1.807) is 18.2 Å². The summed E-state index contributed by atoms with van der Waals surface area (Å²) in [5, 5.41) is 13.0. The highest BCUT2D eigenvalue weighted by Gasteiger charge is 2.08. The molecule has 0 aliphatic carbocycles. The van der Waals surface area contributed by atoms with Gasteiger partial charge in [0.05, 0.1) is 5.56 Å². The van der Waals surface area contributed by atoms with Crippen molar-refractivity contribution in [1.29, 1.82) is 0 Å². The van der Waals surface area contributed by atoms with E-state index in [2.05, 4.69) is 21.2 Å². The van der Waals surface area contributed by atoms with Crippen LogP contribution >= 0.6 is 27.5 Å². The van der Waals surface area contributed by atoms with Gasteiger partial charge in [-0.15, -0.1) is 0 Å². The van der Waals surface area contributed by atoms with Crippen molar-refractivity contribution in [1.82, 2.24) is 0 Å². The zero-order chi connectivity index (χ0) is 19.2. The first-order valence-electron chi connectivity index (χ1n) is 8.25. The van der Waals surface area contributed by atoms with Crippen LogP contribution in [0.15, 0.2) is 71.2 Å². The van der Waals surface area contributed by atoms with Crippen molar-refractivity contribution in [2.75, 3.05) is 5.32 Å². The Morgan fingerprint density at radius 1 is 1.04 bits per heavy atom. The fourth-order valence-corrected chi connectivity index (χ4v) is 3.16. The molecular weight excluding hydrogens is 430 g/mol. The molecule has 0 unspecified atom stereocenters. The maximum Gasteiger partial charge on any atom is 0.335 e. The molecule has 6 heteroatoms.